The highest BCUT2D eigenvalue weighted by molar-refractivity contribution is 6.08. The number of carbonyl (C=O) groups excluding carboxylic acids is 1. The maximum Gasteiger partial charge on any atom is 0.352 e. The number of hydrogen-bond donors (Lipinski definition) is 2. The van der Waals surface area contributed by atoms with Crippen LogP contribution in [0.5, 0.6) is 0 Å². The van der Waals surface area contributed by atoms with E-state index < -0.39 is 40.3 Å². The van der Waals surface area contributed by atoms with Gasteiger partial charge in [0.2, 0.25) is 0 Å². The van der Waals surface area contributed by atoms with Crippen LogP contribution in [0.3, 0.4) is 0 Å². The average molecular weight is 494 g/mol. The van der Waals surface area contributed by atoms with Gasteiger partial charge in [-0.25, -0.2) is 14.4 Å². The van der Waals surface area contributed by atoms with Crippen LogP contribution >= 0.6 is 0 Å². The van der Waals surface area contributed by atoms with Gasteiger partial charge in [0.05, 0.1) is 22.3 Å². The van der Waals surface area contributed by atoms with Crippen molar-refractivity contribution in [1.29, 1.82) is 0 Å². The van der Waals surface area contributed by atoms with Gasteiger partial charge in [-0.05, 0) is 51.0 Å². The summed E-state index contributed by atoms with van der Waals surface area (Å²) >= 11 is 0. The van der Waals surface area contributed by atoms with E-state index in [1.165, 1.54) is 25.2 Å². The number of benzene rings is 2. The summed E-state index contributed by atoms with van der Waals surface area (Å²) in [6.07, 6.45) is -0.00639. The first kappa shape index (κ1) is 24.8. The first-order chi connectivity index (χ1) is 16.2. The molecule has 1 aromatic heterocycles. The van der Waals surface area contributed by atoms with Crippen molar-refractivity contribution in [3.8, 4) is 0 Å². The van der Waals surface area contributed by atoms with Crippen molar-refractivity contribution < 1.29 is 31.9 Å². The number of amides is 1. The third kappa shape index (κ3) is 3.97. The number of alkyl halides is 4. The molecule has 0 spiro atoms. The molecule has 11 heteroatoms. The summed E-state index contributed by atoms with van der Waals surface area (Å²) in [6, 6.07) is 6.11. The predicted octanol–water partition coefficient (Wildman–Crippen LogP) is 4.66. The summed E-state index contributed by atoms with van der Waals surface area (Å²) in [4.78, 5) is 21.3. The van der Waals surface area contributed by atoms with Crippen molar-refractivity contribution in [2.75, 3.05) is 23.8 Å². The van der Waals surface area contributed by atoms with E-state index in [2.05, 4.69) is 15.3 Å². The largest absolute Gasteiger partial charge is 0.384 e. The van der Waals surface area contributed by atoms with Crippen LogP contribution in [0.4, 0.5) is 33.5 Å². The molecule has 0 bridgehead atoms. The molecule has 35 heavy (non-hydrogen) atoms. The van der Waals surface area contributed by atoms with Gasteiger partial charge in [0.15, 0.2) is 0 Å². The van der Waals surface area contributed by atoms with Gasteiger partial charge >= 0.3 is 17.8 Å². The smallest absolute Gasteiger partial charge is 0.352 e. The number of nitrogens with one attached hydrogen (secondary N) is 1. The molecule has 2 heterocycles. The lowest BCUT2D eigenvalue weighted by Crippen LogP contribution is -2.41. The van der Waals surface area contributed by atoms with Crippen LogP contribution < -0.4 is 10.2 Å². The fourth-order valence-corrected chi connectivity index (χ4v) is 4.04. The molecule has 0 saturated heterocycles. The van der Waals surface area contributed by atoms with Crippen LogP contribution in [0.15, 0.2) is 30.3 Å². The van der Waals surface area contributed by atoms with Crippen molar-refractivity contribution in [2.45, 2.75) is 44.6 Å². The van der Waals surface area contributed by atoms with Crippen molar-refractivity contribution in [3.05, 3.63) is 58.7 Å². The number of aryl methyl sites for hydroxylation is 1. The quantitative estimate of drug-likeness (QED) is 0.488. The highest BCUT2D eigenvalue weighted by atomic mass is 19.3. The number of nitrogens with zero attached hydrogens (tertiary/aromatic N) is 3. The van der Waals surface area contributed by atoms with Gasteiger partial charge < -0.3 is 15.3 Å². The van der Waals surface area contributed by atoms with Gasteiger partial charge in [0.1, 0.15) is 23.1 Å². The van der Waals surface area contributed by atoms with E-state index >= 15 is 0 Å². The van der Waals surface area contributed by atoms with Crippen LogP contribution in [-0.4, -0.2) is 40.2 Å². The first-order valence-electron chi connectivity index (χ1n) is 10.8. The summed E-state index contributed by atoms with van der Waals surface area (Å²) in [5.74, 6) is -9.40. The van der Waals surface area contributed by atoms with Gasteiger partial charge in [-0.2, -0.15) is 17.6 Å². The van der Waals surface area contributed by atoms with Crippen molar-refractivity contribution in [2.24, 2.45) is 0 Å². The highest BCUT2D eigenvalue weighted by Gasteiger charge is 2.52. The van der Waals surface area contributed by atoms with Crippen LogP contribution in [0.2, 0.25) is 0 Å². The Morgan fingerprint density at radius 3 is 2.51 bits per heavy atom. The number of likely N-dealkylation sites (N-methyl/N-ethyl adjacent to an activating group) is 1. The molecule has 0 unspecified atom stereocenters. The molecule has 1 aliphatic heterocycles. The zero-order valence-corrected chi connectivity index (χ0v) is 19.4. The van der Waals surface area contributed by atoms with Crippen LogP contribution in [0.1, 0.15) is 36.4 Å². The standard InChI is InChI=1S/C24H23F5N4O2/c1-12-31-17-11-16-18(33(4)21(34)23(16,26)27)10-14(17)20(32-12)30-9-8-13-6-5-7-15(19(13)25)24(28,29)22(2,3)35/h5-7,10-11,35H,8-9H2,1-4H3,(H,30,31,32). The second kappa shape index (κ2) is 8.11. The molecule has 2 aromatic carbocycles. The number of aromatic nitrogens is 2. The van der Waals surface area contributed by atoms with Gasteiger partial charge in [-0.1, -0.05) is 12.1 Å². The molecule has 186 valence electrons. The minimum Gasteiger partial charge on any atom is -0.384 e. The van der Waals surface area contributed by atoms with Crippen molar-refractivity contribution >= 4 is 28.3 Å². The predicted molar refractivity (Wildman–Crippen MR) is 120 cm³/mol. The number of carbonyl (C=O) groups is 1. The summed E-state index contributed by atoms with van der Waals surface area (Å²) in [5, 5.41) is 13.1. The van der Waals surface area contributed by atoms with E-state index in [0.29, 0.717) is 5.39 Å². The molecule has 4 rings (SSSR count). The minimum absolute atomic E-state index is 0.000118. The molecular formula is C24H23F5N4O2. The Hall–Kier alpha value is -3.34. The van der Waals surface area contributed by atoms with Crippen LogP contribution in [-0.2, 0) is 23.1 Å². The molecule has 1 amide bonds. The SMILES string of the molecule is Cc1nc(NCCc2cccc(C(F)(F)C(C)(C)O)c2F)c2cc3c(cc2n1)C(F)(F)C(=O)N3C. The summed E-state index contributed by atoms with van der Waals surface area (Å²) < 4.78 is 72.7. The highest BCUT2D eigenvalue weighted by Crippen LogP contribution is 2.45. The Kier molecular flexibility index (Phi) is 5.74. The monoisotopic (exact) mass is 494 g/mol. The van der Waals surface area contributed by atoms with Crippen LogP contribution in [0.25, 0.3) is 10.9 Å². The normalized spacial score (nSPS) is 15.6. The molecule has 2 N–H and O–H groups in total. The molecule has 0 saturated carbocycles. The molecular weight excluding hydrogens is 471 g/mol. The second-order valence-electron chi connectivity index (χ2n) is 9.03. The molecule has 0 atom stereocenters. The lowest BCUT2D eigenvalue weighted by Gasteiger charge is -2.30. The van der Waals surface area contributed by atoms with Crippen molar-refractivity contribution in [1.82, 2.24) is 9.97 Å². The molecule has 3 aromatic rings. The summed E-state index contributed by atoms with van der Waals surface area (Å²) in [7, 11) is 1.25. The zero-order chi connectivity index (χ0) is 25.9. The number of fused-ring (bicyclic) bond motifs is 2. The molecule has 0 radical (unpaired) electrons. The van der Waals surface area contributed by atoms with E-state index in [-0.39, 0.29) is 41.4 Å². The third-order valence-electron chi connectivity index (χ3n) is 6.07. The summed E-state index contributed by atoms with van der Waals surface area (Å²) in [6.45, 7) is 3.44. The number of hydrogen-bond acceptors (Lipinski definition) is 5. The van der Waals surface area contributed by atoms with Crippen LogP contribution in [0, 0.1) is 12.7 Å². The molecule has 0 fully saturated rings. The van der Waals surface area contributed by atoms with Crippen molar-refractivity contribution in [3.63, 3.8) is 0 Å². The maximum absolute atomic E-state index is 14.9. The zero-order valence-electron chi connectivity index (χ0n) is 19.4. The molecule has 1 aliphatic rings. The lowest BCUT2D eigenvalue weighted by atomic mass is 9.91. The average Bonchev–Trinajstić information content (AvgIpc) is 2.92. The van der Waals surface area contributed by atoms with Gasteiger partial charge in [-0.3, -0.25) is 4.79 Å². The van der Waals surface area contributed by atoms with Gasteiger partial charge in [0.25, 0.3) is 0 Å². The number of halogens is 5. The topological polar surface area (TPSA) is 78.4 Å². The van der Waals surface area contributed by atoms with E-state index in [9.17, 15) is 31.9 Å². The Bertz CT molecular complexity index is 1340. The Morgan fingerprint density at radius 2 is 1.86 bits per heavy atom. The fourth-order valence-electron chi connectivity index (χ4n) is 4.04. The third-order valence-corrected chi connectivity index (χ3v) is 6.07. The molecule has 6 nitrogen and oxygen atoms in total. The van der Waals surface area contributed by atoms with E-state index in [1.54, 1.807) is 6.92 Å². The Morgan fingerprint density at radius 1 is 1.17 bits per heavy atom. The molecule has 0 aliphatic carbocycles. The van der Waals surface area contributed by atoms with E-state index in [1.807, 2.05) is 0 Å². The van der Waals surface area contributed by atoms with Gasteiger partial charge in [0, 0.05) is 19.0 Å². The Labute approximate surface area is 197 Å². The Balaban J connectivity index is 1.63. The minimum atomic E-state index is -3.81. The van der Waals surface area contributed by atoms with E-state index in [4.69, 9.17) is 0 Å². The number of anilines is 2. The fraction of sp³-hybridized carbons (Fsp3) is 0.375. The first-order valence-corrected chi connectivity index (χ1v) is 10.8. The second-order valence-corrected chi connectivity index (χ2v) is 9.03. The number of aliphatic hydroxyl groups is 1. The van der Waals surface area contributed by atoms with Gasteiger partial charge in [-0.15, -0.1) is 0 Å². The summed E-state index contributed by atoms with van der Waals surface area (Å²) in [5.41, 5.74) is -3.61. The maximum atomic E-state index is 14.9. The van der Waals surface area contributed by atoms with E-state index in [0.717, 1.165) is 30.9 Å². The number of rotatable bonds is 6. The lowest BCUT2D eigenvalue weighted by molar-refractivity contribution is -0.170.